The van der Waals surface area contributed by atoms with E-state index in [1.165, 1.54) is 24.3 Å². The van der Waals surface area contributed by atoms with Gasteiger partial charge in [-0.3, -0.25) is 0 Å². The van der Waals surface area contributed by atoms with Crippen molar-refractivity contribution in [1.82, 2.24) is 4.98 Å². The van der Waals surface area contributed by atoms with E-state index in [9.17, 15) is 26.7 Å². The maximum atomic E-state index is 13.1. The van der Waals surface area contributed by atoms with Crippen molar-refractivity contribution in [2.45, 2.75) is 43.4 Å². The summed E-state index contributed by atoms with van der Waals surface area (Å²) < 4.78 is 68.5. The molecule has 1 heterocycles. The van der Waals surface area contributed by atoms with Crippen molar-refractivity contribution in [3.05, 3.63) is 42.1 Å². The largest absolute Gasteiger partial charge is 0.477 e. The molecule has 0 unspecified atom stereocenters. The van der Waals surface area contributed by atoms with Crippen LogP contribution in [0.3, 0.4) is 0 Å². The summed E-state index contributed by atoms with van der Waals surface area (Å²) >= 11 is 0. The summed E-state index contributed by atoms with van der Waals surface area (Å²) in [5, 5.41) is 9.73. The Morgan fingerprint density at radius 3 is 2.43 bits per heavy atom. The Hall–Kier alpha value is -2.13. The van der Waals surface area contributed by atoms with E-state index in [4.69, 9.17) is 4.74 Å². The molecule has 0 saturated carbocycles. The highest BCUT2D eigenvalue weighted by Crippen LogP contribution is 2.36. The van der Waals surface area contributed by atoms with E-state index in [1.807, 2.05) is 0 Å². The molecule has 0 radical (unpaired) electrons. The zero-order valence-corrected chi connectivity index (χ0v) is 16.6. The van der Waals surface area contributed by atoms with Crippen molar-refractivity contribution < 1.29 is 31.4 Å². The van der Waals surface area contributed by atoms with Gasteiger partial charge in [-0.15, -0.1) is 0 Å². The number of sulfone groups is 1. The number of aromatic nitrogens is 1. The molecule has 5 nitrogen and oxygen atoms in total. The van der Waals surface area contributed by atoms with E-state index in [-0.39, 0.29) is 28.5 Å². The van der Waals surface area contributed by atoms with Gasteiger partial charge in [0.15, 0.2) is 9.84 Å². The van der Waals surface area contributed by atoms with E-state index >= 15 is 0 Å². The second-order valence-corrected chi connectivity index (χ2v) is 9.15. The average Bonchev–Trinajstić information content (AvgIpc) is 2.56. The zero-order valence-electron chi connectivity index (χ0n) is 15.7. The van der Waals surface area contributed by atoms with Gasteiger partial charge in [-0.25, -0.2) is 13.4 Å². The van der Waals surface area contributed by atoms with Crippen molar-refractivity contribution >= 4 is 9.84 Å². The molecule has 1 N–H and O–H groups in total. The average molecular weight is 417 g/mol. The Bertz CT molecular complexity index is 935. The lowest BCUT2D eigenvalue weighted by molar-refractivity contribution is -0.137. The van der Waals surface area contributed by atoms with Crippen LogP contribution in [0.15, 0.2) is 41.4 Å². The number of pyridine rings is 1. The first-order chi connectivity index (χ1) is 12.8. The molecule has 0 aliphatic rings. The summed E-state index contributed by atoms with van der Waals surface area (Å²) in [5.41, 5.74) is -1.55. The quantitative estimate of drug-likeness (QED) is 0.687. The van der Waals surface area contributed by atoms with E-state index in [0.29, 0.717) is 19.0 Å². The maximum absolute atomic E-state index is 13.1. The van der Waals surface area contributed by atoms with Gasteiger partial charge in [0.1, 0.15) is 0 Å². The molecule has 1 aromatic carbocycles. The summed E-state index contributed by atoms with van der Waals surface area (Å²) in [5.74, 6) is -0.0330. The van der Waals surface area contributed by atoms with E-state index in [0.717, 1.165) is 12.3 Å². The molecular weight excluding hydrogens is 395 g/mol. The van der Waals surface area contributed by atoms with Crippen LogP contribution in [0.4, 0.5) is 13.2 Å². The normalized spacial score (nSPS) is 12.8. The van der Waals surface area contributed by atoms with Gasteiger partial charge >= 0.3 is 6.18 Å². The minimum absolute atomic E-state index is 0.0182. The van der Waals surface area contributed by atoms with Crippen LogP contribution in [0.25, 0.3) is 11.1 Å². The third-order valence-electron chi connectivity index (χ3n) is 3.92. The number of alkyl halides is 3. The number of halogens is 3. The Morgan fingerprint density at radius 2 is 1.86 bits per heavy atom. The van der Waals surface area contributed by atoms with Crippen LogP contribution in [0.5, 0.6) is 5.88 Å². The van der Waals surface area contributed by atoms with Gasteiger partial charge < -0.3 is 9.84 Å². The second kappa shape index (κ2) is 8.08. The van der Waals surface area contributed by atoms with Gasteiger partial charge in [0.05, 0.1) is 22.7 Å². The first-order valence-electron chi connectivity index (χ1n) is 8.50. The summed E-state index contributed by atoms with van der Waals surface area (Å²) in [6.45, 7) is 3.43. The third-order valence-corrected chi connectivity index (χ3v) is 5.03. The Morgan fingerprint density at radius 1 is 1.18 bits per heavy atom. The van der Waals surface area contributed by atoms with Gasteiger partial charge in [0, 0.05) is 18.0 Å². The van der Waals surface area contributed by atoms with Crippen LogP contribution in [0, 0.1) is 0 Å². The Kier molecular flexibility index (Phi) is 6.40. The lowest BCUT2D eigenvalue weighted by atomic mass is 10.0. The molecule has 0 aliphatic carbocycles. The minimum atomic E-state index is -4.60. The molecule has 0 spiro atoms. The number of hydrogen-bond acceptors (Lipinski definition) is 5. The number of ether oxygens (including phenoxy) is 1. The first kappa shape index (κ1) is 22.2. The van der Waals surface area contributed by atoms with Gasteiger partial charge in [0.2, 0.25) is 5.88 Å². The Balaban J connectivity index is 2.41. The van der Waals surface area contributed by atoms with Crippen LogP contribution < -0.4 is 4.74 Å². The summed E-state index contributed by atoms with van der Waals surface area (Å²) in [7, 11) is -3.53. The maximum Gasteiger partial charge on any atom is 0.417 e. The van der Waals surface area contributed by atoms with Crippen molar-refractivity contribution in [3.8, 4) is 17.0 Å². The molecule has 154 valence electrons. The molecule has 2 rings (SSSR count). The third kappa shape index (κ3) is 6.20. The standard InChI is InChI=1S/C19H22F3NO4S/c1-18(2,24)8-5-9-27-17-16(11-14(12-23-17)19(20,21)22)13-6-4-7-15(10-13)28(3,25)26/h4,6-7,10-12,24H,5,8-9H2,1-3H3. The number of rotatable bonds is 7. The SMILES string of the molecule is CC(C)(O)CCCOc1ncc(C(F)(F)F)cc1-c1cccc(S(C)(=O)=O)c1. The van der Waals surface area contributed by atoms with Gasteiger partial charge in [0.25, 0.3) is 0 Å². The molecule has 1 aromatic heterocycles. The van der Waals surface area contributed by atoms with Gasteiger partial charge in [-0.05, 0) is 50.5 Å². The van der Waals surface area contributed by atoms with E-state index < -0.39 is 27.2 Å². The lowest BCUT2D eigenvalue weighted by Crippen LogP contribution is -2.19. The highest BCUT2D eigenvalue weighted by Gasteiger charge is 2.32. The lowest BCUT2D eigenvalue weighted by Gasteiger charge is -2.17. The molecule has 28 heavy (non-hydrogen) atoms. The topological polar surface area (TPSA) is 76.5 Å². The predicted octanol–water partition coefficient (Wildman–Crippen LogP) is 4.10. The van der Waals surface area contributed by atoms with E-state index in [1.54, 1.807) is 13.8 Å². The molecule has 0 saturated heterocycles. The number of hydrogen-bond donors (Lipinski definition) is 1. The van der Waals surface area contributed by atoms with Crippen molar-refractivity contribution in [1.29, 1.82) is 0 Å². The molecule has 9 heteroatoms. The van der Waals surface area contributed by atoms with Gasteiger partial charge in [-0.2, -0.15) is 13.2 Å². The number of nitrogens with zero attached hydrogens (tertiary/aromatic N) is 1. The van der Waals surface area contributed by atoms with Crippen LogP contribution in [-0.2, 0) is 16.0 Å². The molecule has 0 amide bonds. The molecule has 0 bridgehead atoms. The fourth-order valence-electron chi connectivity index (χ4n) is 2.50. The summed E-state index contributed by atoms with van der Waals surface area (Å²) in [6, 6.07) is 6.49. The van der Waals surface area contributed by atoms with Crippen LogP contribution in [0.2, 0.25) is 0 Å². The van der Waals surface area contributed by atoms with Crippen LogP contribution in [0.1, 0.15) is 32.3 Å². The smallest absolute Gasteiger partial charge is 0.417 e. The zero-order chi connectivity index (χ0) is 21.2. The highest BCUT2D eigenvalue weighted by molar-refractivity contribution is 7.90. The fourth-order valence-corrected chi connectivity index (χ4v) is 3.16. The first-order valence-corrected chi connectivity index (χ1v) is 10.4. The molecule has 0 aliphatic heterocycles. The van der Waals surface area contributed by atoms with Crippen LogP contribution >= 0.6 is 0 Å². The van der Waals surface area contributed by atoms with Crippen molar-refractivity contribution in [2.24, 2.45) is 0 Å². The van der Waals surface area contributed by atoms with Crippen molar-refractivity contribution in [2.75, 3.05) is 12.9 Å². The minimum Gasteiger partial charge on any atom is -0.477 e. The number of benzene rings is 1. The molecule has 2 aromatic rings. The fraction of sp³-hybridized carbons (Fsp3) is 0.421. The summed E-state index contributed by atoms with van der Waals surface area (Å²) in [6.07, 6.45) is -2.00. The second-order valence-electron chi connectivity index (χ2n) is 7.14. The highest BCUT2D eigenvalue weighted by atomic mass is 32.2. The monoisotopic (exact) mass is 417 g/mol. The molecule has 0 atom stereocenters. The summed E-state index contributed by atoms with van der Waals surface area (Å²) in [4.78, 5) is 3.77. The van der Waals surface area contributed by atoms with Crippen LogP contribution in [-0.4, -0.2) is 37.0 Å². The van der Waals surface area contributed by atoms with Gasteiger partial charge in [-0.1, -0.05) is 12.1 Å². The van der Waals surface area contributed by atoms with Crippen molar-refractivity contribution in [3.63, 3.8) is 0 Å². The Labute approximate surface area is 162 Å². The number of aliphatic hydroxyl groups is 1. The molecular formula is C19H22F3NO4S. The van der Waals surface area contributed by atoms with E-state index in [2.05, 4.69) is 4.98 Å². The molecule has 0 fully saturated rings. The predicted molar refractivity (Wildman–Crippen MR) is 98.8 cm³/mol.